The normalized spacial score (nSPS) is 30.5. The average molecular weight is 273 g/mol. The molecular weight excluding hydrogens is 254 g/mol. The van der Waals surface area contributed by atoms with E-state index in [1.807, 2.05) is 6.92 Å². The number of ketones is 1. The van der Waals surface area contributed by atoms with Crippen LogP contribution in [0, 0.1) is 0 Å². The molecule has 0 spiro atoms. The van der Waals surface area contributed by atoms with Gasteiger partial charge in [0.2, 0.25) is 5.91 Å². The fourth-order valence-corrected chi connectivity index (χ4v) is 3.89. The summed E-state index contributed by atoms with van der Waals surface area (Å²) in [6, 6.07) is 0. The molecule has 2 rings (SSSR count). The Kier molecular flexibility index (Phi) is 4.50. The van der Waals surface area contributed by atoms with E-state index >= 15 is 0 Å². The van der Waals surface area contributed by atoms with Crippen molar-refractivity contribution in [3.63, 3.8) is 0 Å². The molecule has 6 heteroatoms. The lowest BCUT2D eigenvalue weighted by Gasteiger charge is -2.26. The average Bonchev–Trinajstić information content (AvgIpc) is 2.76. The van der Waals surface area contributed by atoms with Gasteiger partial charge < -0.3 is 9.64 Å². The summed E-state index contributed by atoms with van der Waals surface area (Å²) in [6.07, 6.45) is 1.60. The molecule has 0 saturated carbocycles. The molecule has 2 aliphatic rings. The second-order valence-electron chi connectivity index (χ2n) is 4.85. The van der Waals surface area contributed by atoms with Crippen molar-refractivity contribution < 1.29 is 18.5 Å². The van der Waals surface area contributed by atoms with Gasteiger partial charge in [-0.1, -0.05) is 0 Å². The van der Waals surface area contributed by atoms with Crippen LogP contribution in [0.25, 0.3) is 0 Å². The van der Waals surface area contributed by atoms with Crippen molar-refractivity contribution in [2.45, 2.75) is 37.5 Å². The summed E-state index contributed by atoms with van der Waals surface area (Å²) >= 11 is 0. The first-order valence-electron chi connectivity index (χ1n) is 6.36. The number of likely N-dealkylation sites (tertiary alicyclic amines) is 1. The van der Waals surface area contributed by atoms with Crippen molar-refractivity contribution in [3.8, 4) is 0 Å². The molecule has 0 aromatic rings. The number of carbonyl (C=O) groups is 2. The van der Waals surface area contributed by atoms with Gasteiger partial charge in [-0.3, -0.25) is 13.8 Å². The van der Waals surface area contributed by atoms with Gasteiger partial charge in [0, 0.05) is 43.3 Å². The third-order valence-corrected chi connectivity index (χ3v) is 5.41. The smallest absolute Gasteiger partial charge is 0.235 e. The van der Waals surface area contributed by atoms with Crippen LogP contribution in [-0.4, -0.2) is 57.6 Å². The predicted octanol–water partition coefficient (Wildman–Crippen LogP) is 0.104. The Labute approximate surface area is 109 Å². The van der Waals surface area contributed by atoms with Gasteiger partial charge in [0.15, 0.2) is 0 Å². The molecule has 0 radical (unpaired) electrons. The number of nitrogens with zero attached hydrogens (tertiary/aromatic N) is 1. The molecule has 18 heavy (non-hydrogen) atoms. The number of rotatable bonds is 3. The Morgan fingerprint density at radius 2 is 2.11 bits per heavy atom. The number of carbonyl (C=O) groups excluding carboxylic acids is 2. The molecule has 2 heterocycles. The van der Waals surface area contributed by atoms with Crippen molar-refractivity contribution in [3.05, 3.63) is 0 Å². The molecule has 2 aliphatic heterocycles. The van der Waals surface area contributed by atoms with Gasteiger partial charge in [-0.2, -0.15) is 0 Å². The summed E-state index contributed by atoms with van der Waals surface area (Å²) in [4.78, 5) is 24.7. The third kappa shape index (κ3) is 3.17. The third-order valence-electron chi connectivity index (χ3n) is 3.58. The van der Waals surface area contributed by atoms with Gasteiger partial charge in [0.05, 0.1) is 11.4 Å². The maximum absolute atomic E-state index is 12.1. The van der Waals surface area contributed by atoms with Gasteiger partial charge in [-0.25, -0.2) is 0 Å². The van der Waals surface area contributed by atoms with Crippen LogP contribution >= 0.6 is 0 Å². The second kappa shape index (κ2) is 5.93. The topological polar surface area (TPSA) is 63.7 Å². The molecule has 0 N–H and O–H groups in total. The first-order chi connectivity index (χ1) is 8.58. The molecular formula is C12H19NO4S. The molecule has 0 aromatic heterocycles. The monoisotopic (exact) mass is 273 g/mol. The predicted molar refractivity (Wildman–Crippen MR) is 67.6 cm³/mol. The number of piperidine rings is 1. The maximum Gasteiger partial charge on any atom is 0.235 e. The zero-order chi connectivity index (χ0) is 13.1. The van der Waals surface area contributed by atoms with Crippen molar-refractivity contribution >= 4 is 22.5 Å². The lowest BCUT2D eigenvalue weighted by Crippen LogP contribution is -2.42. The highest BCUT2D eigenvalue weighted by atomic mass is 32.2. The number of amides is 1. The lowest BCUT2D eigenvalue weighted by atomic mass is 10.1. The minimum Gasteiger partial charge on any atom is -0.377 e. The summed E-state index contributed by atoms with van der Waals surface area (Å²) in [5, 5.41) is -0.0274. The molecule has 3 unspecified atom stereocenters. The molecule has 0 aliphatic carbocycles. The zero-order valence-corrected chi connectivity index (χ0v) is 11.4. The van der Waals surface area contributed by atoms with Gasteiger partial charge in [-0.05, 0) is 13.3 Å². The summed E-state index contributed by atoms with van der Waals surface area (Å²) in [5.74, 6) is 0.171. The van der Waals surface area contributed by atoms with Crippen molar-refractivity contribution in [1.82, 2.24) is 4.90 Å². The van der Waals surface area contributed by atoms with E-state index in [9.17, 15) is 13.8 Å². The minimum atomic E-state index is -1.17. The van der Waals surface area contributed by atoms with Gasteiger partial charge in [-0.15, -0.1) is 0 Å². The molecule has 2 saturated heterocycles. The summed E-state index contributed by atoms with van der Waals surface area (Å²) < 4.78 is 17.5. The van der Waals surface area contributed by atoms with Crippen LogP contribution in [-0.2, 0) is 25.1 Å². The number of hydrogen-bond acceptors (Lipinski definition) is 4. The number of ether oxygens (including phenoxy) is 1. The van der Waals surface area contributed by atoms with Gasteiger partial charge in [0.25, 0.3) is 0 Å². The molecule has 5 nitrogen and oxygen atoms in total. The van der Waals surface area contributed by atoms with Gasteiger partial charge >= 0.3 is 0 Å². The maximum atomic E-state index is 12.1. The highest BCUT2D eigenvalue weighted by Crippen LogP contribution is 2.19. The Bertz CT molecular complexity index is 361. The van der Waals surface area contributed by atoms with E-state index in [-0.39, 0.29) is 28.8 Å². The Morgan fingerprint density at radius 3 is 2.67 bits per heavy atom. The zero-order valence-electron chi connectivity index (χ0n) is 10.6. The SMILES string of the molecule is CC1OCCC1S(=O)CC(=O)N1CCC(=O)CC1. The Morgan fingerprint density at radius 1 is 1.44 bits per heavy atom. The fraction of sp³-hybridized carbons (Fsp3) is 0.833. The summed E-state index contributed by atoms with van der Waals surface area (Å²) in [7, 11) is -1.17. The molecule has 2 fully saturated rings. The summed E-state index contributed by atoms with van der Waals surface area (Å²) in [6.45, 7) is 3.49. The van der Waals surface area contributed by atoms with E-state index in [2.05, 4.69) is 0 Å². The number of Topliss-reactive ketones (excluding diaryl/α,β-unsaturated/α-hetero) is 1. The van der Waals surface area contributed by atoms with E-state index in [1.54, 1.807) is 4.90 Å². The molecule has 3 atom stereocenters. The van der Waals surface area contributed by atoms with Crippen molar-refractivity contribution in [2.75, 3.05) is 25.4 Å². The molecule has 0 bridgehead atoms. The molecule has 1 amide bonds. The lowest BCUT2D eigenvalue weighted by molar-refractivity contribution is -0.132. The quantitative estimate of drug-likeness (QED) is 0.732. The highest BCUT2D eigenvalue weighted by Gasteiger charge is 2.32. The van der Waals surface area contributed by atoms with Crippen LogP contribution < -0.4 is 0 Å². The van der Waals surface area contributed by atoms with Crippen molar-refractivity contribution in [2.24, 2.45) is 0 Å². The standard InChI is InChI=1S/C12H19NO4S/c1-9-11(4-7-17-9)18(16)8-12(15)13-5-2-10(14)3-6-13/h9,11H,2-8H2,1H3. The first kappa shape index (κ1) is 13.7. The van der Waals surface area contributed by atoms with E-state index in [1.165, 1.54) is 0 Å². The van der Waals surface area contributed by atoms with Crippen LogP contribution in [0.5, 0.6) is 0 Å². The largest absolute Gasteiger partial charge is 0.377 e. The second-order valence-corrected chi connectivity index (χ2v) is 6.50. The Balaban J connectivity index is 1.83. The van der Waals surface area contributed by atoms with Gasteiger partial charge in [0.1, 0.15) is 11.5 Å². The molecule has 0 aromatic carbocycles. The fourth-order valence-electron chi connectivity index (χ4n) is 2.38. The van der Waals surface area contributed by atoms with Crippen LogP contribution in [0.2, 0.25) is 0 Å². The van der Waals surface area contributed by atoms with E-state index in [0.717, 1.165) is 6.42 Å². The first-order valence-corrected chi connectivity index (χ1v) is 7.74. The summed E-state index contributed by atoms with van der Waals surface area (Å²) in [5.41, 5.74) is 0. The van der Waals surface area contributed by atoms with Crippen molar-refractivity contribution in [1.29, 1.82) is 0 Å². The van der Waals surface area contributed by atoms with E-state index in [4.69, 9.17) is 4.74 Å². The minimum absolute atomic E-state index is 0.0263. The van der Waals surface area contributed by atoms with Crippen LogP contribution in [0.1, 0.15) is 26.2 Å². The van der Waals surface area contributed by atoms with E-state index < -0.39 is 10.8 Å². The van der Waals surface area contributed by atoms with Crippen LogP contribution in [0.15, 0.2) is 0 Å². The van der Waals surface area contributed by atoms with Crippen LogP contribution in [0.4, 0.5) is 0 Å². The molecule has 102 valence electrons. The Hall–Kier alpha value is -0.750. The number of hydrogen-bond donors (Lipinski definition) is 0. The van der Waals surface area contributed by atoms with Crippen LogP contribution in [0.3, 0.4) is 0 Å². The van der Waals surface area contributed by atoms with E-state index in [0.29, 0.717) is 32.5 Å². The highest BCUT2D eigenvalue weighted by molar-refractivity contribution is 7.86.